The monoisotopic (exact) mass is 524 g/mol. The molecular weight excluding hydrogens is 503 g/mol. The maximum absolute atomic E-state index is 13.2. The van der Waals surface area contributed by atoms with E-state index in [1.54, 1.807) is 23.3 Å². The fourth-order valence-electron chi connectivity index (χ4n) is 4.37. The lowest BCUT2D eigenvalue weighted by Crippen LogP contribution is -2.28. The Morgan fingerprint density at radius 3 is 2.78 bits per heavy atom. The average molecular weight is 525 g/mol. The zero-order chi connectivity index (χ0) is 24.9. The number of nitrogens with zero attached hydrogens (tertiary/aromatic N) is 7. The van der Waals surface area contributed by atoms with Crippen LogP contribution in [0.15, 0.2) is 66.2 Å². The second kappa shape index (κ2) is 8.76. The Morgan fingerprint density at radius 2 is 2.00 bits per heavy atom. The molecule has 4 aromatic heterocycles. The number of aryl methyl sites for hydroxylation is 1. The predicted octanol–water partition coefficient (Wildman–Crippen LogP) is 3.65. The highest BCUT2D eigenvalue weighted by atomic mass is 32.2. The van der Waals surface area contributed by atoms with Gasteiger partial charge in [0.1, 0.15) is 10.8 Å². The van der Waals surface area contributed by atoms with Gasteiger partial charge in [0.05, 0.1) is 28.7 Å². The van der Waals surface area contributed by atoms with E-state index in [0.717, 1.165) is 34.1 Å². The molecule has 0 radical (unpaired) electrons. The largest absolute Gasteiger partial charge is 0.328 e. The molecule has 1 fully saturated rings. The van der Waals surface area contributed by atoms with Gasteiger partial charge in [0, 0.05) is 50.2 Å². The van der Waals surface area contributed by atoms with E-state index >= 15 is 0 Å². The van der Waals surface area contributed by atoms with E-state index in [4.69, 9.17) is 0 Å². The Bertz CT molecular complexity index is 1660. The average Bonchev–Trinajstić information content (AvgIpc) is 3.66. The van der Waals surface area contributed by atoms with E-state index in [0.29, 0.717) is 31.0 Å². The Hall–Kier alpha value is -3.68. The molecule has 5 aromatic rings. The molecule has 1 N–H and O–H groups in total. The Labute approximate surface area is 210 Å². The van der Waals surface area contributed by atoms with E-state index < -0.39 is 15.8 Å². The number of fused-ring (bicyclic) bond motifs is 1. The molecule has 1 aliphatic heterocycles. The van der Waals surface area contributed by atoms with Gasteiger partial charge in [0.2, 0.25) is 10.0 Å². The lowest BCUT2D eigenvalue weighted by atomic mass is 10.1. The molecule has 0 amide bonds. The van der Waals surface area contributed by atoms with Gasteiger partial charge in [0.15, 0.2) is 11.5 Å². The summed E-state index contributed by atoms with van der Waals surface area (Å²) in [5.41, 5.74) is 3.35. The Kier molecular flexibility index (Phi) is 5.54. The first-order chi connectivity index (χ1) is 17.4. The minimum atomic E-state index is -3.68. The lowest BCUT2D eigenvalue weighted by molar-refractivity contribution is 0.472. The number of benzene rings is 1. The summed E-state index contributed by atoms with van der Waals surface area (Å²) in [6.07, 6.45) is 9.70. The number of imidazole rings is 1. The lowest BCUT2D eigenvalue weighted by Gasteiger charge is -2.16. The predicted molar refractivity (Wildman–Crippen MR) is 133 cm³/mol. The molecule has 6 rings (SSSR count). The summed E-state index contributed by atoms with van der Waals surface area (Å²) >= 11 is 1.29. The van der Waals surface area contributed by atoms with E-state index in [9.17, 15) is 12.8 Å². The molecule has 13 heteroatoms. The van der Waals surface area contributed by atoms with Crippen LogP contribution >= 0.6 is 11.5 Å². The first kappa shape index (κ1) is 22.8. The van der Waals surface area contributed by atoms with Crippen molar-refractivity contribution >= 4 is 38.0 Å². The molecular formula is C23H21FN8O2S2. The van der Waals surface area contributed by atoms with Crippen LogP contribution in [0.25, 0.3) is 16.9 Å². The normalized spacial score (nSPS) is 16.7. The summed E-state index contributed by atoms with van der Waals surface area (Å²) in [4.78, 5) is 9.09. The highest BCUT2D eigenvalue weighted by Gasteiger charge is 2.34. The van der Waals surface area contributed by atoms with Crippen molar-refractivity contribution in [1.29, 1.82) is 0 Å². The molecule has 0 spiro atoms. The first-order valence-electron chi connectivity index (χ1n) is 11.2. The van der Waals surface area contributed by atoms with Crippen molar-refractivity contribution in [1.82, 2.24) is 32.8 Å². The molecule has 0 aliphatic carbocycles. The number of hydrogen-bond acceptors (Lipinski definition) is 8. The maximum Gasteiger partial charge on any atom is 0.243 e. The zero-order valence-electron chi connectivity index (χ0n) is 19.1. The van der Waals surface area contributed by atoms with Crippen molar-refractivity contribution in [3.63, 3.8) is 0 Å². The molecule has 0 saturated carbocycles. The summed E-state index contributed by atoms with van der Waals surface area (Å²) in [7, 11) is -1.82. The van der Waals surface area contributed by atoms with Crippen molar-refractivity contribution in [2.75, 3.05) is 18.4 Å². The van der Waals surface area contributed by atoms with Gasteiger partial charge < -0.3 is 5.32 Å². The zero-order valence-corrected chi connectivity index (χ0v) is 20.7. The van der Waals surface area contributed by atoms with Crippen LogP contribution in [0.1, 0.15) is 18.0 Å². The minimum absolute atomic E-state index is 0.0283. The van der Waals surface area contributed by atoms with Gasteiger partial charge in [-0.3, -0.25) is 9.08 Å². The van der Waals surface area contributed by atoms with E-state index in [2.05, 4.69) is 24.8 Å². The molecule has 1 atom stereocenters. The second-order valence-electron chi connectivity index (χ2n) is 8.56. The van der Waals surface area contributed by atoms with Gasteiger partial charge in [-0.05, 0) is 48.3 Å². The molecule has 5 heterocycles. The van der Waals surface area contributed by atoms with E-state index in [1.807, 2.05) is 29.9 Å². The van der Waals surface area contributed by atoms with Crippen LogP contribution in [-0.2, 0) is 17.1 Å². The molecule has 1 saturated heterocycles. The van der Waals surface area contributed by atoms with Crippen molar-refractivity contribution in [2.45, 2.75) is 17.2 Å². The molecule has 1 aliphatic rings. The van der Waals surface area contributed by atoms with Crippen molar-refractivity contribution < 1.29 is 12.8 Å². The number of anilines is 2. The van der Waals surface area contributed by atoms with Crippen LogP contribution in [0, 0.1) is 5.82 Å². The quantitative estimate of drug-likeness (QED) is 0.361. The van der Waals surface area contributed by atoms with Crippen LogP contribution < -0.4 is 5.32 Å². The summed E-state index contributed by atoms with van der Waals surface area (Å²) in [5, 5.41) is 8.33. The molecule has 36 heavy (non-hydrogen) atoms. The van der Waals surface area contributed by atoms with Crippen molar-refractivity contribution in [2.24, 2.45) is 7.05 Å². The van der Waals surface area contributed by atoms with Gasteiger partial charge in [-0.25, -0.2) is 22.8 Å². The highest BCUT2D eigenvalue weighted by molar-refractivity contribution is 7.89. The Morgan fingerprint density at radius 1 is 1.17 bits per heavy atom. The number of hydrogen-bond donors (Lipinski definition) is 1. The number of rotatable bonds is 6. The summed E-state index contributed by atoms with van der Waals surface area (Å²) in [5.74, 6) is 0.0961. The fourth-order valence-corrected chi connectivity index (χ4v) is 6.60. The topological polar surface area (TPSA) is 110 Å². The van der Waals surface area contributed by atoms with Gasteiger partial charge in [-0.1, -0.05) is 0 Å². The number of nitrogens with one attached hydrogen (secondary N) is 1. The smallest absolute Gasteiger partial charge is 0.243 e. The molecule has 1 aromatic carbocycles. The highest BCUT2D eigenvalue weighted by Crippen LogP contribution is 2.34. The maximum atomic E-state index is 13.2. The summed E-state index contributed by atoms with van der Waals surface area (Å²) in [6, 6.07) is 6.84. The van der Waals surface area contributed by atoms with Gasteiger partial charge in [-0.15, -0.1) is 0 Å². The fraction of sp³-hybridized carbons (Fsp3) is 0.217. The summed E-state index contributed by atoms with van der Waals surface area (Å²) in [6.45, 7) is 0.710. The number of halogens is 1. The standard InChI is InChI=1S/C23H21FN8O2S2/c1-30-13-16(11-27-30)20-12-26-23-22(25-7-9-32(20)23)28-21-10-19(29-35-21)15-6-8-31(14-15)36(33,34)18-4-2-17(24)3-5-18/h2-5,7,9-13,15H,6,8,14H2,1H3,(H,25,28). The molecule has 1 unspecified atom stereocenters. The van der Waals surface area contributed by atoms with Crippen LogP contribution in [0.5, 0.6) is 0 Å². The summed E-state index contributed by atoms with van der Waals surface area (Å²) < 4.78 is 48.8. The van der Waals surface area contributed by atoms with Gasteiger partial charge in [-0.2, -0.15) is 13.8 Å². The molecule has 184 valence electrons. The van der Waals surface area contributed by atoms with Crippen molar-refractivity contribution in [3.8, 4) is 11.3 Å². The number of sulfonamides is 1. The van der Waals surface area contributed by atoms with Crippen LogP contribution in [0.2, 0.25) is 0 Å². The third-order valence-corrected chi connectivity index (χ3v) is 8.82. The molecule has 10 nitrogen and oxygen atoms in total. The molecule has 0 bridgehead atoms. The van der Waals surface area contributed by atoms with Crippen LogP contribution in [0.4, 0.5) is 15.2 Å². The number of aromatic nitrogens is 6. The SMILES string of the molecule is Cn1cc(-c2cnc3c(Nc4cc(C5CCN(S(=O)(=O)c6ccc(F)cc6)C5)ns4)nccn23)cn1. The minimum Gasteiger partial charge on any atom is -0.328 e. The third kappa shape index (κ3) is 4.04. The second-order valence-corrected chi connectivity index (χ2v) is 11.3. The third-order valence-electron chi connectivity index (χ3n) is 6.22. The van der Waals surface area contributed by atoms with Crippen LogP contribution in [-0.4, -0.2) is 54.3 Å². The Balaban J connectivity index is 1.19. The van der Waals surface area contributed by atoms with Gasteiger partial charge in [0.25, 0.3) is 0 Å². The van der Waals surface area contributed by atoms with Crippen LogP contribution in [0.3, 0.4) is 0 Å². The van der Waals surface area contributed by atoms with E-state index in [-0.39, 0.29) is 10.8 Å². The van der Waals surface area contributed by atoms with Gasteiger partial charge >= 0.3 is 0 Å². The van der Waals surface area contributed by atoms with E-state index in [1.165, 1.54) is 28.0 Å². The first-order valence-corrected chi connectivity index (χ1v) is 13.4. The van der Waals surface area contributed by atoms with Crippen molar-refractivity contribution in [3.05, 3.63) is 72.8 Å².